The highest BCUT2D eigenvalue weighted by molar-refractivity contribution is 6.31. The van der Waals surface area contributed by atoms with Crippen molar-refractivity contribution < 1.29 is 19.7 Å². The van der Waals surface area contributed by atoms with Crippen molar-refractivity contribution in [2.45, 2.75) is 63.0 Å². The van der Waals surface area contributed by atoms with Gasteiger partial charge in [0.15, 0.2) is 0 Å². The maximum absolute atomic E-state index is 11.4. The number of benzene rings is 2. The Morgan fingerprint density at radius 2 is 1.70 bits per heavy atom. The van der Waals surface area contributed by atoms with Crippen LogP contribution in [-0.2, 0) is 5.41 Å². The van der Waals surface area contributed by atoms with E-state index in [2.05, 4.69) is 29.6 Å². The van der Waals surface area contributed by atoms with Gasteiger partial charge < -0.3 is 20.3 Å². The van der Waals surface area contributed by atoms with Crippen molar-refractivity contribution >= 4 is 23.3 Å². The monoisotopic (exact) mass is 469 g/mol. The molecule has 6 rings (SSSR count). The van der Waals surface area contributed by atoms with Crippen LogP contribution in [0.25, 0.3) is 0 Å². The molecular weight excluding hydrogens is 438 g/mol. The average molecular weight is 470 g/mol. The molecule has 3 N–H and O–H groups in total. The van der Waals surface area contributed by atoms with Crippen molar-refractivity contribution in [1.29, 1.82) is 0 Å². The molecule has 0 aliphatic heterocycles. The van der Waals surface area contributed by atoms with Crippen LogP contribution < -0.4 is 10.1 Å². The minimum Gasteiger partial charge on any atom is -0.494 e. The molecule has 0 radical (unpaired) electrons. The normalized spacial score (nSPS) is 28.5. The molecule has 6 heteroatoms. The summed E-state index contributed by atoms with van der Waals surface area (Å²) in [5.41, 5.74) is 2.28. The molecule has 4 fully saturated rings. The molecule has 0 heterocycles. The summed E-state index contributed by atoms with van der Waals surface area (Å²) in [5.74, 6) is 2.58. The Kier molecular flexibility index (Phi) is 6.28. The van der Waals surface area contributed by atoms with Crippen LogP contribution in [-0.4, -0.2) is 29.0 Å². The third-order valence-corrected chi connectivity index (χ3v) is 8.16. The number of carboxylic acids is 1. The molecule has 4 aliphatic rings. The highest BCUT2D eigenvalue weighted by atomic mass is 35.5. The van der Waals surface area contributed by atoms with Crippen LogP contribution in [0.1, 0.15) is 67.3 Å². The summed E-state index contributed by atoms with van der Waals surface area (Å²) in [6.45, 7) is 0.488. The molecule has 0 aromatic heterocycles. The Labute approximate surface area is 200 Å². The Balaban J connectivity index is 1.10. The summed E-state index contributed by atoms with van der Waals surface area (Å²) in [6.07, 6.45) is 8.66. The minimum atomic E-state index is -1.09. The summed E-state index contributed by atoms with van der Waals surface area (Å²) in [5, 5.41) is 22.8. The van der Waals surface area contributed by atoms with Gasteiger partial charge in [-0.25, -0.2) is 4.79 Å². The van der Waals surface area contributed by atoms with E-state index in [1.807, 2.05) is 0 Å². The van der Waals surface area contributed by atoms with Crippen LogP contribution in [0.2, 0.25) is 5.02 Å². The average Bonchev–Trinajstić information content (AvgIpc) is 2.77. The fourth-order valence-electron chi connectivity index (χ4n) is 6.91. The molecule has 0 saturated heterocycles. The smallest absolute Gasteiger partial charge is 0.337 e. The second-order valence-electron chi connectivity index (χ2n) is 10.4. The van der Waals surface area contributed by atoms with Gasteiger partial charge in [-0.15, -0.1) is 0 Å². The van der Waals surface area contributed by atoms with Crippen LogP contribution in [0.15, 0.2) is 42.5 Å². The van der Waals surface area contributed by atoms with Crippen molar-refractivity contribution in [3.63, 3.8) is 0 Å². The lowest BCUT2D eigenvalue weighted by atomic mass is 9.48. The van der Waals surface area contributed by atoms with Gasteiger partial charge in [0.25, 0.3) is 0 Å². The van der Waals surface area contributed by atoms with Gasteiger partial charge in [-0.2, -0.15) is 0 Å². The minimum absolute atomic E-state index is 0.0388. The Morgan fingerprint density at radius 1 is 1.06 bits per heavy atom. The van der Waals surface area contributed by atoms with Gasteiger partial charge in [-0.3, -0.25) is 0 Å². The first-order chi connectivity index (χ1) is 15.9. The van der Waals surface area contributed by atoms with E-state index in [1.54, 1.807) is 12.1 Å². The number of ether oxygens (including phenoxy) is 1. The van der Waals surface area contributed by atoms with E-state index in [0.717, 1.165) is 23.5 Å². The van der Waals surface area contributed by atoms with E-state index < -0.39 is 12.2 Å². The van der Waals surface area contributed by atoms with Crippen molar-refractivity contribution in [1.82, 2.24) is 0 Å². The Bertz CT molecular complexity index is 970. The lowest BCUT2D eigenvalue weighted by Crippen LogP contribution is -2.48. The fourth-order valence-corrected chi connectivity index (χ4v) is 7.08. The summed E-state index contributed by atoms with van der Waals surface area (Å²) in [7, 11) is 0. The third-order valence-electron chi connectivity index (χ3n) is 7.93. The van der Waals surface area contributed by atoms with Gasteiger partial charge in [0, 0.05) is 5.02 Å². The fraction of sp³-hybridized carbons (Fsp3) is 0.519. The van der Waals surface area contributed by atoms with E-state index in [4.69, 9.17) is 16.3 Å². The molecular formula is C27H32ClNO4. The zero-order valence-electron chi connectivity index (χ0n) is 18.8. The standard InChI is InChI=1S/C27H32ClNO4/c28-21-5-8-24(23(13-21)26(31)32)29-25(30)2-1-9-33-22-6-3-20(4-7-22)27-14-17-10-18(15-27)12-19(11-17)16-27/h3-8,13,17-19,25,29-30H,1-2,9-12,14-16H2,(H,31,32). The highest BCUT2D eigenvalue weighted by Gasteiger charge is 2.51. The van der Waals surface area contributed by atoms with E-state index in [-0.39, 0.29) is 5.56 Å². The number of hydrogen-bond donors (Lipinski definition) is 3. The third kappa shape index (κ3) is 4.85. The molecule has 2 aromatic rings. The number of nitrogens with one attached hydrogen (secondary N) is 1. The first-order valence-electron chi connectivity index (χ1n) is 12.1. The molecule has 33 heavy (non-hydrogen) atoms. The summed E-state index contributed by atoms with van der Waals surface area (Å²) in [4.78, 5) is 11.4. The zero-order valence-corrected chi connectivity index (χ0v) is 19.6. The van der Waals surface area contributed by atoms with Crippen molar-refractivity contribution in [2.75, 3.05) is 11.9 Å². The maximum Gasteiger partial charge on any atom is 0.337 e. The van der Waals surface area contributed by atoms with Gasteiger partial charge >= 0.3 is 5.97 Å². The van der Waals surface area contributed by atoms with Gasteiger partial charge in [0.2, 0.25) is 0 Å². The van der Waals surface area contributed by atoms with Gasteiger partial charge in [0.05, 0.1) is 17.9 Å². The number of rotatable bonds is 9. The van der Waals surface area contributed by atoms with Crippen LogP contribution >= 0.6 is 11.6 Å². The largest absolute Gasteiger partial charge is 0.494 e. The zero-order chi connectivity index (χ0) is 23.0. The first-order valence-corrected chi connectivity index (χ1v) is 12.5. The number of hydrogen-bond acceptors (Lipinski definition) is 4. The maximum atomic E-state index is 11.4. The van der Waals surface area contributed by atoms with E-state index in [1.165, 1.54) is 50.2 Å². The number of carbonyl (C=O) groups is 1. The summed E-state index contributed by atoms with van der Waals surface area (Å²) in [6, 6.07) is 13.3. The van der Waals surface area contributed by atoms with Crippen LogP contribution in [0, 0.1) is 17.8 Å². The molecule has 1 unspecified atom stereocenters. The number of aromatic carboxylic acids is 1. The number of carboxylic acid groups (broad SMARTS) is 1. The molecule has 0 amide bonds. The number of halogens is 1. The predicted octanol–water partition coefficient (Wildman–Crippen LogP) is 6.10. The van der Waals surface area contributed by atoms with Crippen molar-refractivity contribution in [2.24, 2.45) is 17.8 Å². The number of aliphatic hydroxyl groups is 1. The molecule has 2 aromatic carbocycles. The van der Waals surface area contributed by atoms with Crippen LogP contribution in [0.3, 0.4) is 0 Å². The predicted molar refractivity (Wildman–Crippen MR) is 129 cm³/mol. The lowest BCUT2D eigenvalue weighted by Gasteiger charge is -2.57. The quantitative estimate of drug-likeness (QED) is 0.305. The topological polar surface area (TPSA) is 78.8 Å². The van der Waals surface area contributed by atoms with E-state index in [0.29, 0.717) is 35.6 Å². The molecule has 0 spiro atoms. The Morgan fingerprint density at radius 3 is 2.30 bits per heavy atom. The van der Waals surface area contributed by atoms with Crippen molar-refractivity contribution in [3.05, 3.63) is 58.6 Å². The highest BCUT2D eigenvalue weighted by Crippen LogP contribution is 2.60. The van der Waals surface area contributed by atoms with Gasteiger partial charge in [-0.05, 0) is 110 Å². The molecule has 1 atom stereocenters. The van der Waals surface area contributed by atoms with Gasteiger partial charge in [-0.1, -0.05) is 23.7 Å². The second kappa shape index (κ2) is 9.19. The first kappa shape index (κ1) is 22.5. The Hall–Kier alpha value is -2.24. The molecule has 5 nitrogen and oxygen atoms in total. The van der Waals surface area contributed by atoms with E-state index >= 15 is 0 Å². The molecule has 4 saturated carbocycles. The van der Waals surface area contributed by atoms with Crippen LogP contribution in [0.5, 0.6) is 5.75 Å². The lowest BCUT2D eigenvalue weighted by molar-refractivity contribution is -0.00520. The summed E-state index contributed by atoms with van der Waals surface area (Å²) >= 11 is 5.88. The molecule has 4 aliphatic carbocycles. The van der Waals surface area contributed by atoms with Gasteiger partial charge in [0.1, 0.15) is 12.0 Å². The molecule has 176 valence electrons. The van der Waals surface area contributed by atoms with E-state index in [9.17, 15) is 15.0 Å². The summed E-state index contributed by atoms with van der Waals surface area (Å²) < 4.78 is 5.91. The SMILES string of the molecule is O=C(O)c1cc(Cl)ccc1NC(O)CCCOc1ccc(C23CC4CC(CC(C4)C2)C3)cc1. The van der Waals surface area contributed by atoms with Crippen LogP contribution in [0.4, 0.5) is 5.69 Å². The molecule has 4 bridgehead atoms. The number of anilines is 1. The number of aliphatic hydroxyl groups excluding tert-OH is 1. The van der Waals surface area contributed by atoms with Crippen molar-refractivity contribution in [3.8, 4) is 5.75 Å². The second-order valence-corrected chi connectivity index (χ2v) is 10.8.